The summed E-state index contributed by atoms with van der Waals surface area (Å²) < 4.78 is 29.2. The molecule has 0 saturated heterocycles. The Balaban J connectivity index is 1.48. The number of ether oxygens (including phenoxy) is 2. The summed E-state index contributed by atoms with van der Waals surface area (Å²) in [6.07, 6.45) is 5.42. The van der Waals surface area contributed by atoms with Gasteiger partial charge in [0.1, 0.15) is 35.8 Å². The highest BCUT2D eigenvalue weighted by Crippen LogP contribution is 2.39. The van der Waals surface area contributed by atoms with E-state index in [2.05, 4.69) is 29.9 Å². The van der Waals surface area contributed by atoms with Gasteiger partial charge in [0.2, 0.25) is 0 Å². The minimum absolute atomic E-state index is 0.0985. The van der Waals surface area contributed by atoms with Gasteiger partial charge < -0.3 is 29.4 Å². The number of amides is 2. The summed E-state index contributed by atoms with van der Waals surface area (Å²) in [5, 5.41) is 13.1. The summed E-state index contributed by atoms with van der Waals surface area (Å²) in [7, 11) is -1.34. The molecule has 48 heavy (non-hydrogen) atoms. The van der Waals surface area contributed by atoms with Crippen LogP contribution in [0.15, 0.2) is 18.5 Å². The molecule has 0 atom stereocenters. The Morgan fingerprint density at radius 1 is 1.08 bits per heavy atom. The Labute approximate surface area is 284 Å². The Bertz CT molecular complexity index is 1650. The maximum absolute atomic E-state index is 14.9. The molecule has 2 fully saturated rings. The van der Waals surface area contributed by atoms with Gasteiger partial charge in [0.25, 0.3) is 5.91 Å². The number of hydrogen-bond acceptors (Lipinski definition) is 6. The maximum atomic E-state index is 14.9. The minimum atomic E-state index is -1.34. The van der Waals surface area contributed by atoms with E-state index in [1.807, 2.05) is 32.3 Å². The second-order valence-electron chi connectivity index (χ2n) is 15.8. The van der Waals surface area contributed by atoms with Crippen molar-refractivity contribution in [1.82, 2.24) is 24.8 Å². The first-order valence-electron chi connectivity index (χ1n) is 17.2. The molecule has 0 unspecified atom stereocenters. The predicted octanol–water partition coefficient (Wildman–Crippen LogP) is 7.77. The normalized spacial score (nSPS) is 18.6. The van der Waals surface area contributed by atoms with Gasteiger partial charge in [0, 0.05) is 49.6 Å². The Morgan fingerprint density at radius 3 is 2.38 bits per heavy atom. The van der Waals surface area contributed by atoms with E-state index in [1.165, 1.54) is 12.4 Å². The number of fused-ring (bicyclic) bond motifs is 1. The van der Waals surface area contributed by atoms with Gasteiger partial charge in [-0.15, -0.1) is 0 Å². The van der Waals surface area contributed by atoms with Crippen molar-refractivity contribution < 1.29 is 28.6 Å². The van der Waals surface area contributed by atoms with Crippen LogP contribution in [-0.4, -0.2) is 75.5 Å². The number of carbonyl (C=O) groups is 2. The van der Waals surface area contributed by atoms with Gasteiger partial charge in [-0.3, -0.25) is 4.79 Å². The molecule has 2 aliphatic rings. The molecule has 1 aromatic carbocycles. The van der Waals surface area contributed by atoms with Crippen LogP contribution >= 0.6 is 0 Å². The molecule has 2 saturated carbocycles. The lowest BCUT2D eigenvalue weighted by Gasteiger charge is -2.42. The average molecular weight is 682 g/mol. The van der Waals surface area contributed by atoms with E-state index in [4.69, 9.17) is 14.5 Å². The number of rotatable bonds is 12. The highest BCUT2D eigenvalue weighted by Gasteiger charge is 2.36. The zero-order chi connectivity index (χ0) is 35.0. The minimum Gasteiger partial charge on any atom is -0.492 e. The molecular weight excluding hydrogens is 630 g/mol. The van der Waals surface area contributed by atoms with Crippen molar-refractivity contribution in [3.63, 3.8) is 0 Å². The topological polar surface area (TPSA) is 119 Å². The third-order valence-corrected chi connectivity index (χ3v) is 11.3. The number of carboxylic acid groups (broad SMARTS) is 1. The monoisotopic (exact) mass is 681 g/mol. The third-order valence-electron chi connectivity index (χ3n) is 9.55. The van der Waals surface area contributed by atoms with Crippen molar-refractivity contribution in [2.24, 2.45) is 5.92 Å². The van der Waals surface area contributed by atoms with Crippen LogP contribution in [0.1, 0.15) is 80.9 Å². The van der Waals surface area contributed by atoms with Gasteiger partial charge >= 0.3 is 6.09 Å². The van der Waals surface area contributed by atoms with Crippen LogP contribution in [0, 0.1) is 25.6 Å². The average Bonchev–Trinajstić information content (AvgIpc) is 3.77. The summed E-state index contributed by atoms with van der Waals surface area (Å²) in [6, 6.07) is 3.99. The number of aryl methyl sites for hydroxylation is 1. The fourth-order valence-electron chi connectivity index (χ4n) is 6.64. The van der Waals surface area contributed by atoms with Crippen molar-refractivity contribution in [3.8, 4) is 17.0 Å². The molecule has 0 bridgehead atoms. The first kappa shape index (κ1) is 35.8. The van der Waals surface area contributed by atoms with Gasteiger partial charge in [-0.2, -0.15) is 0 Å². The molecule has 2 heterocycles. The molecular formula is C36H52FN5O5Si. The van der Waals surface area contributed by atoms with Crippen molar-refractivity contribution >= 4 is 31.1 Å². The zero-order valence-electron chi connectivity index (χ0n) is 29.8. The molecule has 2 aliphatic carbocycles. The summed E-state index contributed by atoms with van der Waals surface area (Å²) in [6.45, 7) is 17.6. The standard InChI is InChI=1S/C36H52FN5O5Si/c1-22-17-27(29(18-28(22)37)47-19-24-9-10-24)31-33-32(39-20-38-31)30(23(2)41(33)21-46-15-16-48(6,7)8)34(43)40-25-11-13-26(14-12-25)42(35(44)45)36(3,4)5/h17-18,20,24-26H,9-16,19,21H2,1-8H3,(H,40,43)(H,44,45)/t25-,26+. The lowest BCUT2D eigenvalue weighted by atomic mass is 9.88. The van der Waals surface area contributed by atoms with E-state index in [0.29, 0.717) is 89.7 Å². The van der Waals surface area contributed by atoms with Gasteiger partial charge in [-0.1, -0.05) is 19.6 Å². The van der Waals surface area contributed by atoms with Gasteiger partial charge in [-0.05, 0) is 96.7 Å². The van der Waals surface area contributed by atoms with Crippen molar-refractivity contribution in [3.05, 3.63) is 41.1 Å². The zero-order valence-corrected chi connectivity index (χ0v) is 30.8. The number of nitrogens with one attached hydrogen (secondary N) is 1. The summed E-state index contributed by atoms with van der Waals surface area (Å²) in [4.78, 5) is 37.0. The largest absolute Gasteiger partial charge is 0.492 e. The van der Waals surface area contributed by atoms with E-state index >= 15 is 0 Å². The molecule has 0 spiro atoms. The van der Waals surface area contributed by atoms with Crippen LogP contribution in [0.2, 0.25) is 25.7 Å². The highest BCUT2D eigenvalue weighted by atomic mass is 28.3. The third kappa shape index (κ3) is 8.19. The molecule has 2 N–H and O–H groups in total. The number of halogens is 1. The van der Waals surface area contributed by atoms with Crippen LogP contribution in [0.5, 0.6) is 5.75 Å². The second kappa shape index (κ2) is 14.1. The van der Waals surface area contributed by atoms with Crippen molar-refractivity contribution in [1.29, 1.82) is 0 Å². The molecule has 5 rings (SSSR count). The SMILES string of the molecule is Cc1cc(-c2ncnc3c(C(=O)N[C@H]4CC[C@@H](N(C(=O)O)C(C)(C)C)CC4)c(C)n(COCC[Si](C)(C)C)c23)c(OCC2CC2)cc1F. The number of hydrogen-bond donors (Lipinski definition) is 2. The molecule has 12 heteroatoms. The smallest absolute Gasteiger partial charge is 0.407 e. The van der Waals surface area contributed by atoms with Gasteiger partial charge in [0.05, 0.1) is 17.7 Å². The lowest BCUT2D eigenvalue weighted by Crippen LogP contribution is -2.53. The molecule has 0 aliphatic heterocycles. The first-order valence-corrected chi connectivity index (χ1v) is 20.9. The van der Waals surface area contributed by atoms with E-state index in [9.17, 15) is 19.1 Å². The molecule has 2 aromatic heterocycles. The van der Waals surface area contributed by atoms with Crippen LogP contribution in [0.3, 0.4) is 0 Å². The van der Waals surface area contributed by atoms with E-state index in [1.54, 1.807) is 17.9 Å². The van der Waals surface area contributed by atoms with Crippen LogP contribution in [-0.2, 0) is 11.5 Å². The fourth-order valence-corrected chi connectivity index (χ4v) is 7.40. The summed E-state index contributed by atoms with van der Waals surface area (Å²) in [5.41, 5.74) is 3.46. The number of carbonyl (C=O) groups excluding carboxylic acids is 1. The van der Waals surface area contributed by atoms with E-state index in [0.717, 1.165) is 18.9 Å². The van der Waals surface area contributed by atoms with Crippen LogP contribution in [0.4, 0.5) is 9.18 Å². The number of benzene rings is 1. The van der Waals surface area contributed by atoms with Gasteiger partial charge in [0.15, 0.2) is 0 Å². The Morgan fingerprint density at radius 2 is 1.77 bits per heavy atom. The van der Waals surface area contributed by atoms with Crippen molar-refractivity contribution in [2.45, 2.75) is 123 Å². The predicted molar refractivity (Wildman–Crippen MR) is 188 cm³/mol. The second-order valence-corrected chi connectivity index (χ2v) is 21.4. The molecule has 0 radical (unpaired) electrons. The van der Waals surface area contributed by atoms with Crippen LogP contribution < -0.4 is 10.1 Å². The van der Waals surface area contributed by atoms with E-state index in [-0.39, 0.29) is 30.5 Å². The highest BCUT2D eigenvalue weighted by molar-refractivity contribution is 6.76. The van der Waals surface area contributed by atoms with Gasteiger partial charge in [-0.25, -0.2) is 19.2 Å². The Kier molecular flexibility index (Phi) is 10.5. The first-order chi connectivity index (χ1) is 22.5. The molecule has 10 nitrogen and oxygen atoms in total. The summed E-state index contributed by atoms with van der Waals surface area (Å²) in [5.74, 6) is 0.311. The molecule has 2 amide bonds. The quantitative estimate of drug-likeness (QED) is 0.148. The Hall–Kier alpha value is -3.51. The van der Waals surface area contributed by atoms with E-state index < -0.39 is 19.7 Å². The fraction of sp³-hybridized carbons (Fsp3) is 0.611. The number of nitrogens with zero attached hydrogens (tertiary/aromatic N) is 4. The number of aromatic nitrogens is 3. The summed E-state index contributed by atoms with van der Waals surface area (Å²) >= 11 is 0. The molecule has 3 aromatic rings. The van der Waals surface area contributed by atoms with Crippen LogP contribution in [0.25, 0.3) is 22.3 Å². The van der Waals surface area contributed by atoms with Crippen molar-refractivity contribution in [2.75, 3.05) is 13.2 Å². The lowest BCUT2D eigenvalue weighted by molar-refractivity contribution is 0.0519. The molecule has 262 valence electrons. The maximum Gasteiger partial charge on any atom is 0.407 e.